The molecule has 2 nitrogen and oxygen atoms in total. The summed E-state index contributed by atoms with van der Waals surface area (Å²) in [5.74, 6) is 0.0806. The first-order valence-electron chi connectivity index (χ1n) is 8.37. The molecule has 0 aromatic heterocycles. The molecule has 0 saturated carbocycles. The van der Waals surface area contributed by atoms with E-state index < -0.39 is 0 Å². The van der Waals surface area contributed by atoms with Gasteiger partial charge in [-0.25, -0.2) is 0 Å². The zero-order valence-electron chi connectivity index (χ0n) is 14.1. The number of carbonyl (C=O) groups is 1. The van der Waals surface area contributed by atoms with Gasteiger partial charge in [0.1, 0.15) is 13.1 Å². The highest BCUT2D eigenvalue weighted by Crippen LogP contribution is 2.23. The molecule has 0 bridgehead atoms. The van der Waals surface area contributed by atoms with Gasteiger partial charge in [0.05, 0.1) is 17.7 Å². The van der Waals surface area contributed by atoms with Crippen molar-refractivity contribution >= 4 is 41.1 Å². The molecule has 4 heteroatoms. The Kier molecular flexibility index (Phi) is 5.74. The summed E-state index contributed by atoms with van der Waals surface area (Å²) in [5.41, 5.74) is 3.33. The Labute approximate surface area is 158 Å². The smallest absolute Gasteiger partial charge is 0.196 e. The Morgan fingerprint density at radius 2 is 1.32 bits per heavy atom. The van der Waals surface area contributed by atoms with Gasteiger partial charge < -0.3 is 4.90 Å². The van der Waals surface area contributed by atoms with Crippen molar-refractivity contribution in [2.75, 3.05) is 19.6 Å². The number of hydrogen-bond donors (Lipinski definition) is 1. The first-order valence-corrected chi connectivity index (χ1v) is 9.12. The molecule has 25 heavy (non-hydrogen) atoms. The topological polar surface area (TPSA) is 21.5 Å². The number of ketones is 1. The molecule has 2 aromatic carbocycles. The molecule has 1 atom stereocenters. The van der Waals surface area contributed by atoms with Gasteiger partial charge in [0.25, 0.3) is 0 Å². The summed E-state index contributed by atoms with van der Waals surface area (Å²) in [6.45, 7) is 4.50. The van der Waals surface area contributed by atoms with E-state index >= 15 is 0 Å². The number of benzene rings is 2. The van der Waals surface area contributed by atoms with E-state index in [-0.39, 0.29) is 5.78 Å². The molecule has 0 aliphatic carbocycles. The maximum Gasteiger partial charge on any atom is 0.196 e. The Balaban J connectivity index is 2.00. The standard InChI is InChI=1S/C21H19Cl2NO/c1-2-24-13-17(11-15-7-3-5-9-19(15)22)21(25)18(14-24)12-16-8-4-6-10-20(16)23/h3-12H,2,13-14H2,1H3/p+1/b17-11-,18-12+. The molecule has 0 spiro atoms. The molecule has 1 heterocycles. The number of piperidine rings is 1. The third kappa shape index (κ3) is 4.21. The Bertz CT molecular complexity index is 787. The van der Waals surface area contributed by atoms with Crippen LogP contribution < -0.4 is 4.90 Å². The maximum absolute atomic E-state index is 13.0. The van der Waals surface area contributed by atoms with E-state index in [0.29, 0.717) is 23.1 Å². The molecule has 1 fully saturated rings. The van der Waals surface area contributed by atoms with Gasteiger partial charge in [-0.05, 0) is 42.3 Å². The SMILES string of the molecule is CC[NH+]1C/C(=C/c2ccccc2Cl)C(=O)/C(=C/c2ccccc2Cl)C1. The van der Waals surface area contributed by atoms with Crippen LogP contribution in [0.25, 0.3) is 12.2 Å². The van der Waals surface area contributed by atoms with Crippen molar-refractivity contribution in [3.8, 4) is 0 Å². The summed E-state index contributed by atoms with van der Waals surface area (Å²) in [7, 11) is 0. The number of likely N-dealkylation sites (N-methyl/N-ethyl adjacent to an activating group) is 1. The highest BCUT2D eigenvalue weighted by Gasteiger charge is 2.28. The zero-order chi connectivity index (χ0) is 17.8. The second kappa shape index (κ2) is 8.01. The summed E-state index contributed by atoms with van der Waals surface area (Å²) in [5, 5.41) is 1.31. The average Bonchev–Trinajstić information content (AvgIpc) is 2.62. The van der Waals surface area contributed by atoms with Crippen LogP contribution in [-0.2, 0) is 4.79 Å². The molecular weight excluding hydrogens is 353 g/mol. The van der Waals surface area contributed by atoms with Crippen LogP contribution in [0.2, 0.25) is 10.0 Å². The molecule has 0 amide bonds. The number of rotatable bonds is 3. The van der Waals surface area contributed by atoms with Crippen LogP contribution in [-0.4, -0.2) is 25.4 Å². The Morgan fingerprint density at radius 3 is 1.72 bits per heavy atom. The first kappa shape index (κ1) is 17.9. The summed E-state index contributed by atoms with van der Waals surface area (Å²) < 4.78 is 0. The van der Waals surface area contributed by atoms with Gasteiger partial charge in [-0.3, -0.25) is 4.79 Å². The lowest BCUT2D eigenvalue weighted by Crippen LogP contribution is -3.13. The number of carbonyl (C=O) groups excluding carboxylic acids is 1. The Morgan fingerprint density at radius 1 is 0.880 bits per heavy atom. The molecule has 1 N–H and O–H groups in total. The van der Waals surface area contributed by atoms with E-state index in [1.165, 1.54) is 4.90 Å². The predicted molar refractivity (Wildman–Crippen MR) is 105 cm³/mol. The third-order valence-corrected chi connectivity index (χ3v) is 5.12. The summed E-state index contributed by atoms with van der Waals surface area (Å²) >= 11 is 12.5. The molecule has 2 aromatic rings. The van der Waals surface area contributed by atoms with Gasteiger partial charge in [0.2, 0.25) is 0 Å². The van der Waals surface area contributed by atoms with Crippen LogP contribution in [0.3, 0.4) is 0 Å². The van der Waals surface area contributed by atoms with Crippen LogP contribution in [0, 0.1) is 0 Å². The molecule has 1 aliphatic rings. The van der Waals surface area contributed by atoms with Crippen molar-refractivity contribution in [2.24, 2.45) is 0 Å². The number of hydrogen-bond acceptors (Lipinski definition) is 1. The fourth-order valence-electron chi connectivity index (χ4n) is 3.01. The van der Waals surface area contributed by atoms with Crippen molar-refractivity contribution in [3.63, 3.8) is 0 Å². The number of quaternary nitrogens is 1. The Hall–Kier alpha value is -1.87. The van der Waals surface area contributed by atoms with Crippen molar-refractivity contribution in [1.29, 1.82) is 0 Å². The van der Waals surface area contributed by atoms with Crippen LogP contribution in [0.1, 0.15) is 18.1 Å². The minimum Gasteiger partial charge on any atom is -0.327 e. The van der Waals surface area contributed by atoms with Crippen molar-refractivity contribution < 1.29 is 9.69 Å². The van der Waals surface area contributed by atoms with E-state index in [1.807, 2.05) is 60.7 Å². The summed E-state index contributed by atoms with van der Waals surface area (Å²) in [6, 6.07) is 15.2. The van der Waals surface area contributed by atoms with Crippen LogP contribution in [0.15, 0.2) is 59.7 Å². The van der Waals surface area contributed by atoms with Crippen LogP contribution in [0.4, 0.5) is 0 Å². The van der Waals surface area contributed by atoms with Gasteiger partial charge in [-0.1, -0.05) is 59.6 Å². The summed E-state index contributed by atoms with van der Waals surface area (Å²) in [4.78, 5) is 14.3. The molecule has 1 aliphatic heterocycles. The zero-order valence-corrected chi connectivity index (χ0v) is 15.6. The van der Waals surface area contributed by atoms with Gasteiger partial charge in [0.15, 0.2) is 5.78 Å². The van der Waals surface area contributed by atoms with Crippen molar-refractivity contribution in [1.82, 2.24) is 0 Å². The fraction of sp³-hybridized carbons (Fsp3) is 0.190. The van der Waals surface area contributed by atoms with Crippen molar-refractivity contribution in [3.05, 3.63) is 80.8 Å². The highest BCUT2D eigenvalue weighted by atomic mass is 35.5. The first-order chi connectivity index (χ1) is 12.1. The molecular formula is C21H20Cl2NO+. The lowest BCUT2D eigenvalue weighted by molar-refractivity contribution is -0.889. The third-order valence-electron chi connectivity index (χ3n) is 4.43. The quantitative estimate of drug-likeness (QED) is 0.809. The normalized spacial score (nSPS) is 21.1. The van der Waals surface area contributed by atoms with Gasteiger partial charge in [0, 0.05) is 10.0 Å². The molecule has 1 saturated heterocycles. The molecule has 0 radical (unpaired) electrons. The van der Waals surface area contributed by atoms with Crippen molar-refractivity contribution in [2.45, 2.75) is 6.92 Å². The molecule has 3 rings (SSSR count). The molecule has 128 valence electrons. The molecule has 1 unspecified atom stereocenters. The van der Waals surface area contributed by atoms with Gasteiger partial charge in [-0.15, -0.1) is 0 Å². The monoisotopic (exact) mass is 372 g/mol. The predicted octanol–water partition coefficient (Wildman–Crippen LogP) is 3.95. The lowest BCUT2D eigenvalue weighted by atomic mass is 9.94. The fourth-order valence-corrected chi connectivity index (χ4v) is 3.39. The summed E-state index contributed by atoms with van der Waals surface area (Å²) in [6.07, 6.45) is 3.83. The number of nitrogens with one attached hydrogen (secondary N) is 1. The van der Waals surface area contributed by atoms with Gasteiger partial charge >= 0.3 is 0 Å². The van der Waals surface area contributed by atoms with E-state index in [1.54, 1.807) is 0 Å². The number of halogens is 2. The highest BCUT2D eigenvalue weighted by molar-refractivity contribution is 6.32. The van der Waals surface area contributed by atoms with E-state index in [9.17, 15) is 4.79 Å². The second-order valence-electron chi connectivity index (χ2n) is 6.17. The maximum atomic E-state index is 13.0. The van der Waals surface area contributed by atoms with Crippen LogP contribution in [0.5, 0.6) is 0 Å². The largest absolute Gasteiger partial charge is 0.327 e. The average molecular weight is 373 g/mol. The van der Waals surface area contributed by atoms with Crippen LogP contribution >= 0.6 is 23.2 Å². The van der Waals surface area contributed by atoms with E-state index in [4.69, 9.17) is 23.2 Å². The van der Waals surface area contributed by atoms with E-state index in [2.05, 4.69) is 6.92 Å². The van der Waals surface area contributed by atoms with Gasteiger partial charge in [-0.2, -0.15) is 0 Å². The van der Waals surface area contributed by atoms with E-state index in [0.717, 1.165) is 28.8 Å². The number of Topliss-reactive ketones (excluding diaryl/α,β-unsaturated/α-hetero) is 1. The number of likely N-dealkylation sites (tertiary alicyclic amines) is 1. The minimum absolute atomic E-state index is 0.0806. The minimum atomic E-state index is 0.0806. The lowest BCUT2D eigenvalue weighted by Gasteiger charge is -2.26. The second-order valence-corrected chi connectivity index (χ2v) is 6.98.